The molecule has 0 radical (unpaired) electrons. The van der Waals surface area contributed by atoms with Crippen LogP contribution in [0.15, 0.2) is 59.2 Å². The molecule has 1 amide bonds. The third-order valence-corrected chi connectivity index (χ3v) is 4.28. The Labute approximate surface area is 140 Å². The third kappa shape index (κ3) is 2.86. The zero-order valence-corrected chi connectivity index (χ0v) is 13.3. The molecule has 1 aromatic heterocycles. The summed E-state index contributed by atoms with van der Waals surface area (Å²) in [6.45, 7) is 3.74. The van der Waals surface area contributed by atoms with Crippen molar-refractivity contribution >= 4 is 28.3 Å². The number of piperazine rings is 1. The van der Waals surface area contributed by atoms with Gasteiger partial charge in [-0.05, 0) is 30.3 Å². The first-order valence-corrected chi connectivity index (χ1v) is 8.14. The molecule has 0 bridgehead atoms. The van der Waals surface area contributed by atoms with Gasteiger partial charge < -0.3 is 20.0 Å². The van der Waals surface area contributed by atoms with Crippen LogP contribution < -0.4 is 15.5 Å². The molecule has 0 aliphatic carbocycles. The summed E-state index contributed by atoms with van der Waals surface area (Å²) in [6.07, 6.45) is 1.69. The fourth-order valence-electron chi connectivity index (χ4n) is 3.07. The number of amides is 1. The lowest BCUT2D eigenvalue weighted by Gasteiger charge is -2.29. The predicted molar refractivity (Wildman–Crippen MR) is 95.7 cm³/mol. The Morgan fingerprint density at radius 1 is 1.08 bits per heavy atom. The Morgan fingerprint density at radius 2 is 1.88 bits per heavy atom. The second-order valence-corrected chi connectivity index (χ2v) is 5.89. The normalized spacial score (nSPS) is 14.8. The van der Waals surface area contributed by atoms with E-state index in [2.05, 4.69) is 15.5 Å². The van der Waals surface area contributed by atoms with Crippen molar-refractivity contribution in [3.8, 4) is 0 Å². The second-order valence-electron chi connectivity index (χ2n) is 5.89. The maximum atomic E-state index is 12.4. The highest BCUT2D eigenvalue weighted by atomic mass is 16.3. The average Bonchev–Trinajstić information content (AvgIpc) is 3.11. The summed E-state index contributed by atoms with van der Waals surface area (Å²) < 4.78 is 5.67. The minimum absolute atomic E-state index is 0.107. The lowest BCUT2D eigenvalue weighted by Crippen LogP contribution is -2.43. The monoisotopic (exact) mass is 321 g/mol. The molecule has 1 saturated heterocycles. The number of hydrogen-bond acceptors (Lipinski definition) is 4. The van der Waals surface area contributed by atoms with E-state index in [9.17, 15) is 4.79 Å². The van der Waals surface area contributed by atoms with Gasteiger partial charge in [-0.1, -0.05) is 18.2 Å². The van der Waals surface area contributed by atoms with Crippen molar-refractivity contribution in [2.45, 2.75) is 0 Å². The Balaban J connectivity index is 1.67. The van der Waals surface area contributed by atoms with Crippen molar-refractivity contribution < 1.29 is 9.21 Å². The van der Waals surface area contributed by atoms with Crippen molar-refractivity contribution in [2.24, 2.45) is 0 Å². The first kappa shape index (κ1) is 14.8. The van der Waals surface area contributed by atoms with Crippen LogP contribution in [0.25, 0.3) is 11.0 Å². The van der Waals surface area contributed by atoms with Crippen LogP contribution in [-0.4, -0.2) is 32.1 Å². The molecule has 1 fully saturated rings. The Hall–Kier alpha value is -2.79. The first-order chi connectivity index (χ1) is 11.8. The van der Waals surface area contributed by atoms with Crippen LogP contribution in [0.5, 0.6) is 0 Å². The Morgan fingerprint density at radius 3 is 2.67 bits per heavy atom. The summed E-state index contributed by atoms with van der Waals surface area (Å²) in [5, 5.41) is 7.34. The van der Waals surface area contributed by atoms with Gasteiger partial charge in [0.05, 0.1) is 12.0 Å². The van der Waals surface area contributed by atoms with E-state index in [0.29, 0.717) is 5.56 Å². The lowest BCUT2D eigenvalue weighted by molar-refractivity contribution is 0.102. The molecule has 2 aromatic carbocycles. The van der Waals surface area contributed by atoms with E-state index in [1.54, 1.807) is 6.26 Å². The summed E-state index contributed by atoms with van der Waals surface area (Å²) in [7, 11) is 0. The molecular weight excluding hydrogens is 302 g/mol. The number of rotatable bonds is 3. The molecule has 0 atom stereocenters. The first-order valence-electron chi connectivity index (χ1n) is 8.14. The molecule has 1 aliphatic heterocycles. The van der Waals surface area contributed by atoms with Crippen LogP contribution >= 0.6 is 0 Å². The van der Waals surface area contributed by atoms with Gasteiger partial charge in [0.1, 0.15) is 0 Å². The molecule has 5 heteroatoms. The van der Waals surface area contributed by atoms with E-state index in [-0.39, 0.29) is 5.91 Å². The lowest BCUT2D eigenvalue weighted by atomic mass is 10.1. The van der Waals surface area contributed by atoms with E-state index in [0.717, 1.165) is 48.5 Å². The van der Waals surface area contributed by atoms with Gasteiger partial charge >= 0.3 is 0 Å². The molecule has 5 nitrogen and oxygen atoms in total. The maximum absolute atomic E-state index is 12.4. The highest BCUT2D eigenvalue weighted by Gasteiger charge is 2.17. The van der Waals surface area contributed by atoms with Gasteiger partial charge in [0.15, 0.2) is 5.58 Å². The third-order valence-electron chi connectivity index (χ3n) is 4.28. The number of hydrogen-bond donors (Lipinski definition) is 2. The molecule has 2 N–H and O–H groups in total. The van der Waals surface area contributed by atoms with Gasteiger partial charge in [-0.25, -0.2) is 0 Å². The molecule has 0 spiro atoms. The fraction of sp³-hybridized carbons (Fsp3) is 0.211. The molecular formula is C19H19N3O2. The van der Waals surface area contributed by atoms with E-state index >= 15 is 0 Å². The number of fused-ring (bicyclic) bond motifs is 1. The smallest absolute Gasteiger partial charge is 0.255 e. The number of benzene rings is 2. The van der Waals surface area contributed by atoms with E-state index in [1.165, 1.54) is 0 Å². The average molecular weight is 321 g/mol. The minimum atomic E-state index is -0.107. The van der Waals surface area contributed by atoms with Crippen LogP contribution in [0.2, 0.25) is 0 Å². The molecule has 24 heavy (non-hydrogen) atoms. The summed E-state index contributed by atoms with van der Waals surface area (Å²) in [6, 6.07) is 15.1. The SMILES string of the molecule is O=C(Nc1cc(N2CCNCC2)c2occc2c1)c1ccccc1. The van der Waals surface area contributed by atoms with E-state index < -0.39 is 0 Å². The fourth-order valence-corrected chi connectivity index (χ4v) is 3.07. The quantitative estimate of drug-likeness (QED) is 0.778. The maximum Gasteiger partial charge on any atom is 0.255 e. The molecule has 4 rings (SSSR count). The van der Waals surface area contributed by atoms with Gasteiger partial charge in [0.2, 0.25) is 0 Å². The van der Waals surface area contributed by atoms with Gasteiger partial charge in [0.25, 0.3) is 5.91 Å². The van der Waals surface area contributed by atoms with Gasteiger partial charge in [-0.15, -0.1) is 0 Å². The van der Waals surface area contributed by atoms with Crippen LogP contribution in [0.1, 0.15) is 10.4 Å². The van der Waals surface area contributed by atoms with Crippen molar-refractivity contribution in [2.75, 3.05) is 36.4 Å². The topological polar surface area (TPSA) is 57.5 Å². The van der Waals surface area contributed by atoms with Crippen LogP contribution in [0, 0.1) is 0 Å². The van der Waals surface area contributed by atoms with Crippen LogP contribution in [0.3, 0.4) is 0 Å². The standard InChI is InChI=1S/C19H19N3O2/c23-19(14-4-2-1-3-5-14)21-16-12-15-6-11-24-18(15)17(13-16)22-9-7-20-8-10-22/h1-6,11-13,20H,7-10H2,(H,21,23). The number of nitrogens with one attached hydrogen (secondary N) is 2. The summed E-state index contributed by atoms with van der Waals surface area (Å²) in [5.74, 6) is -0.107. The van der Waals surface area contributed by atoms with Gasteiger partial charge in [-0.3, -0.25) is 4.79 Å². The molecule has 1 aliphatic rings. The zero-order valence-electron chi connectivity index (χ0n) is 13.3. The Bertz CT molecular complexity index is 851. The van der Waals surface area contributed by atoms with E-state index in [4.69, 9.17) is 4.42 Å². The van der Waals surface area contributed by atoms with Gasteiger partial charge in [-0.2, -0.15) is 0 Å². The number of carbonyl (C=O) groups is 1. The molecule has 3 aromatic rings. The summed E-state index contributed by atoms with van der Waals surface area (Å²) >= 11 is 0. The number of carbonyl (C=O) groups excluding carboxylic acids is 1. The molecule has 0 unspecified atom stereocenters. The van der Waals surface area contributed by atoms with Crippen molar-refractivity contribution in [3.63, 3.8) is 0 Å². The van der Waals surface area contributed by atoms with E-state index in [1.807, 2.05) is 48.5 Å². The summed E-state index contributed by atoms with van der Waals surface area (Å²) in [4.78, 5) is 14.7. The largest absolute Gasteiger partial charge is 0.462 e. The number of anilines is 2. The van der Waals surface area contributed by atoms with Gasteiger partial charge in [0, 0.05) is 42.8 Å². The van der Waals surface area contributed by atoms with Crippen LogP contribution in [-0.2, 0) is 0 Å². The molecule has 2 heterocycles. The number of furan rings is 1. The van der Waals surface area contributed by atoms with Crippen LogP contribution in [0.4, 0.5) is 11.4 Å². The van der Waals surface area contributed by atoms with Crippen molar-refractivity contribution in [3.05, 3.63) is 60.4 Å². The Kier molecular flexibility index (Phi) is 3.92. The minimum Gasteiger partial charge on any atom is -0.462 e. The highest BCUT2D eigenvalue weighted by Crippen LogP contribution is 2.32. The zero-order chi connectivity index (χ0) is 16.4. The molecule has 122 valence electrons. The summed E-state index contributed by atoms with van der Waals surface area (Å²) in [5.41, 5.74) is 3.33. The number of nitrogens with zero attached hydrogens (tertiary/aromatic N) is 1. The highest BCUT2D eigenvalue weighted by molar-refractivity contribution is 6.06. The van der Waals surface area contributed by atoms with Crippen molar-refractivity contribution in [1.82, 2.24) is 5.32 Å². The second kappa shape index (κ2) is 6.37. The molecule has 0 saturated carbocycles. The van der Waals surface area contributed by atoms with Crippen molar-refractivity contribution in [1.29, 1.82) is 0 Å². The predicted octanol–water partition coefficient (Wildman–Crippen LogP) is 3.09.